The lowest BCUT2D eigenvalue weighted by Gasteiger charge is -2.34. The van der Waals surface area contributed by atoms with Crippen LogP contribution in [0.5, 0.6) is 5.75 Å². The second-order valence-corrected chi connectivity index (χ2v) is 4.96. The third-order valence-electron chi connectivity index (χ3n) is 3.86. The number of halogens is 1. The molecule has 0 saturated carbocycles. The zero-order valence-corrected chi connectivity index (χ0v) is 11.0. The largest absolute Gasteiger partial charge is 0.427 e. The van der Waals surface area contributed by atoms with E-state index in [9.17, 15) is 14.0 Å². The number of aromatic nitrogens is 1. The van der Waals surface area contributed by atoms with Gasteiger partial charge in [0.2, 0.25) is 17.2 Å². The Kier molecular flexibility index (Phi) is 2.79. The van der Waals surface area contributed by atoms with Crippen molar-refractivity contribution in [3.63, 3.8) is 0 Å². The summed E-state index contributed by atoms with van der Waals surface area (Å²) in [5.41, 5.74) is -1.17. The summed E-state index contributed by atoms with van der Waals surface area (Å²) in [5.74, 6) is -2.86. The van der Waals surface area contributed by atoms with E-state index in [4.69, 9.17) is 14.0 Å². The number of hydrogen-bond acceptors (Lipinski definition) is 7. The average Bonchev–Trinajstić information content (AvgIpc) is 2.89. The second kappa shape index (κ2) is 4.27. The van der Waals surface area contributed by atoms with Crippen LogP contribution in [0.4, 0.5) is 4.39 Å². The Hall–Kier alpha value is -1.96. The van der Waals surface area contributed by atoms with E-state index in [0.717, 1.165) is 0 Å². The molecule has 8 heteroatoms. The van der Waals surface area contributed by atoms with Gasteiger partial charge >= 0.3 is 11.9 Å². The fourth-order valence-electron chi connectivity index (χ4n) is 2.80. The van der Waals surface area contributed by atoms with Crippen LogP contribution in [0.2, 0.25) is 0 Å². The number of hydrogen-bond donors (Lipinski definition) is 0. The Morgan fingerprint density at radius 1 is 1.45 bits per heavy atom. The minimum absolute atomic E-state index is 0.0352. The highest BCUT2D eigenvalue weighted by Gasteiger charge is 2.59. The summed E-state index contributed by atoms with van der Waals surface area (Å²) in [6, 6.07) is 0. The van der Waals surface area contributed by atoms with Gasteiger partial charge in [0.25, 0.3) is 0 Å². The fraction of sp³-hybridized carbons (Fsp3) is 0.583. The van der Waals surface area contributed by atoms with Gasteiger partial charge in [-0.2, -0.15) is 0 Å². The van der Waals surface area contributed by atoms with Crippen LogP contribution in [0.3, 0.4) is 0 Å². The van der Waals surface area contributed by atoms with Crippen molar-refractivity contribution in [2.45, 2.75) is 19.1 Å². The zero-order valence-electron chi connectivity index (χ0n) is 11.0. The first kappa shape index (κ1) is 13.0. The summed E-state index contributed by atoms with van der Waals surface area (Å²) in [4.78, 5) is 25.0. The number of alkyl halides is 1. The summed E-state index contributed by atoms with van der Waals surface area (Å²) >= 11 is 0. The molecule has 0 amide bonds. The molecule has 0 radical (unpaired) electrons. The first-order chi connectivity index (χ1) is 9.50. The molecule has 108 valence electrons. The fourth-order valence-corrected chi connectivity index (χ4v) is 2.80. The quantitative estimate of drug-likeness (QED) is 0.549. The number of carbonyl (C=O) groups excluding carboxylic acids is 2. The van der Waals surface area contributed by atoms with E-state index in [-0.39, 0.29) is 11.5 Å². The monoisotopic (exact) mass is 284 g/mol. The molecule has 2 aliphatic rings. The number of nitrogens with zero attached hydrogens (tertiary/aromatic N) is 2. The van der Waals surface area contributed by atoms with Gasteiger partial charge in [0.05, 0.1) is 12.6 Å². The van der Waals surface area contributed by atoms with Crippen molar-refractivity contribution in [1.82, 2.24) is 10.1 Å². The standard InChI is InChI=1S/C12H13FN2O5/c1-6-8-9(20-14-6)12(19-11(17)10(16)18-8)7(5-13)3-4-15(12)2/h7H,3-5H2,1-2H3. The summed E-state index contributed by atoms with van der Waals surface area (Å²) in [7, 11) is 1.67. The molecule has 20 heavy (non-hydrogen) atoms. The van der Waals surface area contributed by atoms with Gasteiger partial charge in [-0.15, -0.1) is 0 Å². The number of carbonyl (C=O) groups is 2. The molecule has 1 saturated heterocycles. The molecule has 0 bridgehead atoms. The minimum atomic E-state index is -1.48. The molecule has 2 aliphatic heterocycles. The Balaban J connectivity index is 2.23. The van der Waals surface area contributed by atoms with Crippen molar-refractivity contribution < 1.29 is 28.0 Å². The molecule has 0 aliphatic carbocycles. The molecule has 0 N–H and O–H groups in total. The van der Waals surface area contributed by atoms with Crippen LogP contribution < -0.4 is 4.74 Å². The number of rotatable bonds is 1. The molecule has 3 rings (SSSR count). The summed E-state index contributed by atoms with van der Waals surface area (Å²) in [5, 5.41) is 3.73. The maximum Gasteiger partial charge on any atom is 0.423 e. The van der Waals surface area contributed by atoms with Crippen LogP contribution in [0.1, 0.15) is 17.9 Å². The Bertz CT molecular complexity index is 586. The highest BCUT2D eigenvalue weighted by atomic mass is 19.1. The third-order valence-corrected chi connectivity index (χ3v) is 3.86. The number of fused-ring (bicyclic) bond motifs is 2. The lowest BCUT2D eigenvalue weighted by molar-refractivity contribution is -0.197. The lowest BCUT2D eigenvalue weighted by Crippen LogP contribution is -2.47. The van der Waals surface area contributed by atoms with E-state index in [1.165, 1.54) is 0 Å². The number of aryl methyl sites for hydroxylation is 1. The molecule has 2 unspecified atom stereocenters. The van der Waals surface area contributed by atoms with Crippen molar-refractivity contribution in [2.24, 2.45) is 5.92 Å². The summed E-state index contributed by atoms with van der Waals surface area (Å²) in [6.45, 7) is 1.35. The normalized spacial score (nSPS) is 30.1. The molecule has 3 heterocycles. The van der Waals surface area contributed by atoms with E-state index in [2.05, 4.69) is 5.16 Å². The molecule has 1 fully saturated rings. The van der Waals surface area contributed by atoms with Crippen LogP contribution in [0.15, 0.2) is 4.52 Å². The van der Waals surface area contributed by atoms with Crippen molar-refractivity contribution in [2.75, 3.05) is 20.3 Å². The number of esters is 2. The van der Waals surface area contributed by atoms with Crippen LogP contribution in [0, 0.1) is 12.8 Å². The minimum Gasteiger partial charge on any atom is -0.427 e. The predicted molar refractivity (Wildman–Crippen MR) is 61.4 cm³/mol. The molecule has 0 aromatic carbocycles. The van der Waals surface area contributed by atoms with E-state index in [1.54, 1.807) is 18.9 Å². The van der Waals surface area contributed by atoms with Gasteiger partial charge < -0.3 is 14.0 Å². The maximum absolute atomic E-state index is 13.4. The topological polar surface area (TPSA) is 81.9 Å². The van der Waals surface area contributed by atoms with Crippen molar-refractivity contribution >= 4 is 11.9 Å². The zero-order chi connectivity index (χ0) is 14.5. The molecular formula is C12H13FN2O5. The van der Waals surface area contributed by atoms with E-state index >= 15 is 0 Å². The highest BCUT2D eigenvalue weighted by Crippen LogP contribution is 2.49. The molecule has 1 spiro atoms. The molecule has 1 aromatic rings. The second-order valence-electron chi connectivity index (χ2n) is 4.96. The molecule has 1 aromatic heterocycles. The number of ether oxygens (including phenoxy) is 2. The van der Waals surface area contributed by atoms with Crippen LogP contribution >= 0.6 is 0 Å². The lowest BCUT2D eigenvalue weighted by atomic mass is 9.94. The van der Waals surface area contributed by atoms with Gasteiger partial charge in [-0.3, -0.25) is 9.29 Å². The first-order valence-electron chi connectivity index (χ1n) is 6.19. The number of likely N-dealkylation sites (tertiary alicyclic amines) is 1. The van der Waals surface area contributed by atoms with Gasteiger partial charge in [-0.1, -0.05) is 5.16 Å². The Morgan fingerprint density at radius 3 is 2.90 bits per heavy atom. The summed E-state index contributed by atoms with van der Waals surface area (Å²) < 4.78 is 28.8. The van der Waals surface area contributed by atoms with Crippen molar-refractivity contribution in [3.05, 3.63) is 11.5 Å². The molecular weight excluding hydrogens is 271 g/mol. The van der Waals surface area contributed by atoms with Gasteiger partial charge in [-0.05, 0) is 20.4 Å². The van der Waals surface area contributed by atoms with E-state index < -0.39 is 30.3 Å². The van der Waals surface area contributed by atoms with Gasteiger partial charge in [0.15, 0.2) is 0 Å². The third kappa shape index (κ3) is 1.51. The molecule has 2 atom stereocenters. The summed E-state index contributed by atoms with van der Waals surface area (Å²) in [6.07, 6.45) is 0.466. The average molecular weight is 284 g/mol. The Labute approximate surface area is 113 Å². The first-order valence-corrected chi connectivity index (χ1v) is 6.19. The van der Waals surface area contributed by atoms with Gasteiger partial charge in [-0.25, -0.2) is 9.59 Å². The predicted octanol–water partition coefficient (Wildman–Crippen LogP) is 0.519. The highest BCUT2D eigenvalue weighted by molar-refractivity contribution is 6.30. The van der Waals surface area contributed by atoms with Crippen molar-refractivity contribution in [3.8, 4) is 5.75 Å². The van der Waals surface area contributed by atoms with Crippen LogP contribution in [0.25, 0.3) is 0 Å². The van der Waals surface area contributed by atoms with E-state index in [1.807, 2.05) is 0 Å². The van der Waals surface area contributed by atoms with Crippen molar-refractivity contribution in [1.29, 1.82) is 0 Å². The smallest absolute Gasteiger partial charge is 0.423 e. The maximum atomic E-state index is 13.4. The SMILES string of the molecule is Cc1noc2c1OC(=O)C(=O)OC21C(CF)CCN1C. The van der Waals surface area contributed by atoms with Gasteiger partial charge in [0, 0.05) is 6.54 Å². The molecule has 7 nitrogen and oxygen atoms in total. The van der Waals surface area contributed by atoms with Crippen LogP contribution in [-0.2, 0) is 20.1 Å². The van der Waals surface area contributed by atoms with E-state index in [0.29, 0.717) is 18.7 Å². The Morgan fingerprint density at radius 2 is 2.20 bits per heavy atom. The van der Waals surface area contributed by atoms with Crippen LogP contribution in [-0.4, -0.2) is 42.3 Å². The van der Waals surface area contributed by atoms with Gasteiger partial charge in [0.1, 0.15) is 5.69 Å².